The van der Waals surface area contributed by atoms with E-state index < -0.39 is 11.7 Å². The average Bonchev–Trinajstić information content (AvgIpc) is 2.63. The Morgan fingerprint density at radius 3 is 2.19 bits per heavy atom. The van der Waals surface area contributed by atoms with E-state index in [0.29, 0.717) is 26.1 Å². The number of hydrogen-bond acceptors (Lipinski definition) is 2. The number of nitrogens with one attached hydrogen (secondary N) is 1. The van der Waals surface area contributed by atoms with Crippen LogP contribution < -0.4 is 10.1 Å². The van der Waals surface area contributed by atoms with Gasteiger partial charge in [0.15, 0.2) is 0 Å². The fourth-order valence-electron chi connectivity index (χ4n) is 2.51. The van der Waals surface area contributed by atoms with Crippen molar-refractivity contribution < 1.29 is 22.7 Å². The van der Waals surface area contributed by atoms with Crippen molar-refractivity contribution >= 4 is 6.03 Å². The second kappa shape index (κ2) is 9.30. The Kier molecular flexibility index (Phi) is 7.10. The lowest BCUT2D eigenvalue weighted by molar-refractivity contribution is -0.137. The first-order chi connectivity index (χ1) is 12.8. The van der Waals surface area contributed by atoms with Crippen LogP contribution in [0.25, 0.3) is 0 Å². The molecule has 0 bridgehead atoms. The van der Waals surface area contributed by atoms with Crippen LogP contribution in [0.4, 0.5) is 18.0 Å². The summed E-state index contributed by atoms with van der Waals surface area (Å²) < 4.78 is 43.0. The first-order valence-electron chi connectivity index (χ1n) is 8.66. The molecule has 0 aliphatic carbocycles. The summed E-state index contributed by atoms with van der Waals surface area (Å²) >= 11 is 0. The lowest BCUT2D eigenvalue weighted by Crippen LogP contribution is -2.37. The number of nitrogens with zero attached hydrogens (tertiary/aromatic N) is 1. The van der Waals surface area contributed by atoms with Gasteiger partial charge in [-0.15, -0.1) is 0 Å². The molecule has 0 aromatic heterocycles. The van der Waals surface area contributed by atoms with Crippen LogP contribution in [0.15, 0.2) is 48.5 Å². The molecular weight excluding hydrogens is 357 g/mol. The summed E-state index contributed by atoms with van der Waals surface area (Å²) in [6, 6.07) is 12.2. The van der Waals surface area contributed by atoms with E-state index in [-0.39, 0.29) is 6.03 Å². The fraction of sp³-hybridized carbons (Fsp3) is 0.350. The SMILES string of the molecule is CCOc1ccc(CN(C)C(=O)NCCc2ccc(C(F)(F)F)cc2)cc1. The molecule has 7 heteroatoms. The van der Waals surface area contributed by atoms with Gasteiger partial charge in [-0.05, 0) is 48.7 Å². The van der Waals surface area contributed by atoms with Gasteiger partial charge in [0.2, 0.25) is 0 Å². The van der Waals surface area contributed by atoms with E-state index in [1.807, 2.05) is 31.2 Å². The second-order valence-corrected chi connectivity index (χ2v) is 6.11. The summed E-state index contributed by atoms with van der Waals surface area (Å²) in [7, 11) is 1.68. The Hall–Kier alpha value is -2.70. The summed E-state index contributed by atoms with van der Waals surface area (Å²) in [6.07, 6.45) is -3.88. The zero-order valence-electron chi connectivity index (χ0n) is 15.3. The van der Waals surface area contributed by atoms with Crippen LogP contribution in [-0.4, -0.2) is 31.1 Å². The number of hydrogen-bond donors (Lipinski definition) is 1. The molecule has 0 spiro atoms. The molecule has 4 nitrogen and oxygen atoms in total. The smallest absolute Gasteiger partial charge is 0.416 e. The molecular formula is C20H23F3N2O2. The molecule has 0 saturated carbocycles. The monoisotopic (exact) mass is 380 g/mol. The van der Waals surface area contributed by atoms with Gasteiger partial charge in [-0.3, -0.25) is 0 Å². The maximum absolute atomic E-state index is 12.5. The molecule has 0 atom stereocenters. The van der Waals surface area contributed by atoms with Gasteiger partial charge in [-0.2, -0.15) is 13.2 Å². The minimum Gasteiger partial charge on any atom is -0.494 e. The van der Waals surface area contributed by atoms with Crippen LogP contribution in [0.3, 0.4) is 0 Å². The van der Waals surface area contributed by atoms with Crippen LogP contribution in [0.5, 0.6) is 5.75 Å². The highest BCUT2D eigenvalue weighted by atomic mass is 19.4. The van der Waals surface area contributed by atoms with Gasteiger partial charge in [0.05, 0.1) is 12.2 Å². The van der Waals surface area contributed by atoms with Gasteiger partial charge in [0.1, 0.15) is 5.75 Å². The van der Waals surface area contributed by atoms with Gasteiger partial charge < -0.3 is 15.0 Å². The minimum atomic E-state index is -4.34. The molecule has 2 amide bonds. The largest absolute Gasteiger partial charge is 0.494 e. The van der Waals surface area contributed by atoms with Crippen molar-refractivity contribution in [1.82, 2.24) is 10.2 Å². The number of carbonyl (C=O) groups is 1. The van der Waals surface area contributed by atoms with Gasteiger partial charge in [-0.25, -0.2) is 4.79 Å². The Labute approximate surface area is 156 Å². The van der Waals surface area contributed by atoms with Gasteiger partial charge in [0.25, 0.3) is 0 Å². The third-order valence-corrected chi connectivity index (χ3v) is 3.97. The molecule has 0 aliphatic heterocycles. The summed E-state index contributed by atoms with van der Waals surface area (Å²) in [6.45, 7) is 3.30. The molecule has 0 unspecified atom stereocenters. The lowest BCUT2D eigenvalue weighted by atomic mass is 10.1. The third-order valence-electron chi connectivity index (χ3n) is 3.97. The van der Waals surface area contributed by atoms with Gasteiger partial charge >= 0.3 is 12.2 Å². The number of benzene rings is 2. The average molecular weight is 380 g/mol. The highest BCUT2D eigenvalue weighted by Crippen LogP contribution is 2.29. The molecule has 146 valence electrons. The maximum atomic E-state index is 12.5. The van der Waals surface area contributed by atoms with E-state index in [1.165, 1.54) is 12.1 Å². The summed E-state index contributed by atoms with van der Waals surface area (Å²) in [5, 5.41) is 2.77. The maximum Gasteiger partial charge on any atom is 0.416 e. The highest BCUT2D eigenvalue weighted by Gasteiger charge is 2.29. The molecule has 0 fully saturated rings. The molecule has 0 heterocycles. The lowest BCUT2D eigenvalue weighted by Gasteiger charge is -2.18. The predicted molar refractivity (Wildman–Crippen MR) is 97.6 cm³/mol. The Balaban J connectivity index is 1.77. The van der Waals surface area contributed by atoms with E-state index in [9.17, 15) is 18.0 Å². The molecule has 2 rings (SSSR count). The number of urea groups is 1. The van der Waals surface area contributed by atoms with Crippen molar-refractivity contribution in [2.24, 2.45) is 0 Å². The number of ether oxygens (including phenoxy) is 1. The second-order valence-electron chi connectivity index (χ2n) is 6.11. The van der Waals surface area contributed by atoms with Crippen LogP contribution in [0.1, 0.15) is 23.6 Å². The number of rotatable bonds is 7. The Bertz CT molecular complexity index is 728. The summed E-state index contributed by atoms with van der Waals surface area (Å²) in [5.41, 5.74) is 1.03. The van der Waals surface area contributed by atoms with Crippen molar-refractivity contribution in [3.8, 4) is 5.75 Å². The Morgan fingerprint density at radius 1 is 1.04 bits per heavy atom. The van der Waals surface area contributed by atoms with Crippen molar-refractivity contribution in [1.29, 1.82) is 0 Å². The molecule has 0 radical (unpaired) electrons. The predicted octanol–water partition coefficient (Wildman–Crippen LogP) is 4.49. The van der Waals surface area contributed by atoms with E-state index >= 15 is 0 Å². The number of carbonyl (C=O) groups excluding carboxylic acids is 1. The first kappa shape index (κ1) is 20.6. The molecule has 0 aliphatic rings. The van der Waals surface area contributed by atoms with Gasteiger partial charge in [0, 0.05) is 20.1 Å². The molecule has 27 heavy (non-hydrogen) atoms. The van der Waals surface area contributed by atoms with Gasteiger partial charge in [-0.1, -0.05) is 24.3 Å². The molecule has 2 aromatic carbocycles. The van der Waals surface area contributed by atoms with Crippen LogP contribution in [0, 0.1) is 0 Å². The summed E-state index contributed by atoms with van der Waals surface area (Å²) in [4.78, 5) is 13.7. The number of halogens is 3. The highest BCUT2D eigenvalue weighted by molar-refractivity contribution is 5.73. The Morgan fingerprint density at radius 2 is 1.63 bits per heavy atom. The van der Waals surface area contributed by atoms with E-state index in [0.717, 1.165) is 29.0 Å². The quantitative estimate of drug-likeness (QED) is 0.769. The minimum absolute atomic E-state index is 0.240. The van der Waals surface area contributed by atoms with Crippen molar-refractivity contribution in [3.05, 3.63) is 65.2 Å². The molecule has 2 aromatic rings. The number of alkyl halides is 3. The van der Waals surface area contributed by atoms with E-state index in [4.69, 9.17) is 4.74 Å². The first-order valence-corrected chi connectivity index (χ1v) is 8.66. The van der Waals surface area contributed by atoms with E-state index in [2.05, 4.69) is 5.32 Å². The van der Waals surface area contributed by atoms with Crippen LogP contribution in [-0.2, 0) is 19.1 Å². The normalized spacial score (nSPS) is 11.1. The standard InChI is InChI=1S/C20H23F3N2O2/c1-3-27-18-10-6-16(7-11-18)14-25(2)19(26)24-13-12-15-4-8-17(9-5-15)20(21,22)23/h4-11H,3,12-14H2,1-2H3,(H,24,26). The molecule has 1 N–H and O–H groups in total. The zero-order valence-corrected chi connectivity index (χ0v) is 15.3. The van der Waals surface area contributed by atoms with Crippen molar-refractivity contribution in [2.75, 3.05) is 20.2 Å². The zero-order chi connectivity index (χ0) is 19.9. The van der Waals surface area contributed by atoms with Crippen molar-refractivity contribution in [3.63, 3.8) is 0 Å². The van der Waals surface area contributed by atoms with Crippen LogP contribution in [0.2, 0.25) is 0 Å². The van der Waals surface area contributed by atoms with E-state index in [1.54, 1.807) is 11.9 Å². The topological polar surface area (TPSA) is 41.6 Å². The fourth-order valence-corrected chi connectivity index (χ4v) is 2.51. The molecule has 0 saturated heterocycles. The third kappa shape index (κ3) is 6.51. The van der Waals surface area contributed by atoms with Crippen molar-refractivity contribution in [2.45, 2.75) is 26.1 Å². The number of amides is 2. The summed E-state index contributed by atoms with van der Waals surface area (Å²) in [5.74, 6) is 0.782. The van der Waals surface area contributed by atoms with Crippen LogP contribution >= 0.6 is 0 Å².